The van der Waals surface area contributed by atoms with Crippen LogP contribution in [0, 0.1) is 0 Å². The van der Waals surface area contributed by atoms with Gasteiger partial charge in [0.05, 0.1) is 18.0 Å². The number of hydrogen-bond acceptors (Lipinski definition) is 4. The van der Waals surface area contributed by atoms with Crippen molar-refractivity contribution in [3.63, 3.8) is 0 Å². The average molecular weight is 311 g/mol. The first-order valence-electron chi connectivity index (χ1n) is 6.10. The monoisotopic (exact) mass is 310 g/mol. The van der Waals surface area contributed by atoms with Crippen LogP contribution in [-0.2, 0) is 16.0 Å². The molecule has 4 nitrogen and oxygen atoms in total. The molecule has 0 aliphatic rings. The summed E-state index contributed by atoms with van der Waals surface area (Å²) in [5.41, 5.74) is 6.72. The van der Waals surface area contributed by atoms with Gasteiger partial charge in [-0.2, -0.15) is 0 Å². The number of ether oxygens (including phenoxy) is 1. The Morgan fingerprint density at radius 1 is 1.40 bits per heavy atom. The molecule has 2 aromatic rings. The van der Waals surface area contributed by atoms with Crippen molar-refractivity contribution in [2.45, 2.75) is 6.42 Å². The lowest BCUT2D eigenvalue weighted by Gasteiger charge is -2.08. The van der Waals surface area contributed by atoms with Crippen LogP contribution in [0.5, 0.6) is 0 Å². The summed E-state index contributed by atoms with van der Waals surface area (Å²) in [5, 5.41) is 5.21. The molecule has 0 aliphatic heterocycles. The molecular formula is C14H15ClN2O2S. The smallest absolute Gasteiger partial charge is 0.250 e. The molecule has 0 saturated heterocycles. The Bertz CT molecular complexity index is 573. The van der Waals surface area contributed by atoms with Crippen LogP contribution < -0.4 is 11.1 Å². The van der Waals surface area contributed by atoms with E-state index in [1.54, 1.807) is 29.5 Å². The first kappa shape index (κ1) is 14.8. The number of carbonyl (C=O) groups is 1. The van der Waals surface area contributed by atoms with Gasteiger partial charge in [-0.3, -0.25) is 4.79 Å². The lowest BCUT2D eigenvalue weighted by atomic mass is 10.2. The molecular weight excluding hydrogens is 296 g/mol. The summed E-state index contributed by atoms with van der Waals surface area (Å²) in [6.07, 6.45) is 0.810. The molecule has 106 valence electrons. The predicted octanol–water partition coefficient (Wildman–Crippen LogP) is 3.18. The molecule has 0 aliphatic carbocycles. The van der Waals surface area contributed by atoms with Crippen LogP contribution in [0.3, 0.4) is 0 Å². The third-order valence-electron chi connectivity index (χ3n) is 2.60. The summed E-state index contributed by atoms with van der Waals surface area (Å²) >= 11 is 7.52. The highest BCUT2D eigenvalue weighted by Gasteiger charge is 2.06. The quantitative estimate of drug-likeness (QED) is 0.636. The molecule has 1 aromatic carbocycles. The molecule has 0 spiro atoms. The van der Waals surface area contributed by atoms with Crippen molar-refractivity contribution in [3.8, 4) is 0 Å². The van der Waals surface area contributed by atoms with E-state index in [9.17, 15) is 4.79 Å². The Hall–Kier alpha value is -1.56. The molecule has 0 unspecified atom stereocenters. The maximum Gasteiger partial charge on any atom is 0.250 e. The van der Waals surface area contributed by atoms with Crippen LogP contribution in [0.2, 0.25) is 5.02 Å². The fourth-order valence-corrected chi connectivity index (χ4v) is 2.48. The van der Waals surface area contributed by atoms with Crippen LogP contribution in [0.15, 0.2) is 35.7 Å². The van der Waals surface area contributed by atoms with Gasteiger partial charge in [0.2, 0.25) is 5.91 Å². The molecule has 0 fully saturated rings. The molecule has 0 radical (unpaired) electrons. The van der Waals surface area contributed by atoms with Crippen LogP contribution in [0.25, 0.3) is 0 Å². The number of halogens is 1. The lowest BCUT2D eigenvalue weighted by molar-refractivity contribution is -0.120. The summed E-state index contributed by atoms with van der Waals surface area (Å²) in [6, 6.07) is 8.97. The number of nitrogens with two attached hydrogens (primary N) is 1. The molecule has 2 rings (SSSR count). The van der Waals surface area contributed by atoms with E-state index in [2.05, 4.69) is 5.32 Å². The van der Waals surface area contributed by atoms with Crippen LogP contribution in [0.4, 0.5) is 11.4 Å². The average Bonchev–Trinajstić information content (AvgIpc) is 2.92. The van der Waals surface area contributed by atoms with Gasteiger partial charge in [0.15, 0.2) is 0 Å². The van der Waals surface area contributed by atoms with E-state index < -0.39 is 0 Å². The Kier molecular flexibility index (Phi) is 5.40. The van der Waals surface area contributed by atoms with Crippen molar-refractivity contribution in [1.82, 2.24) is 0 Å². The standard InChI is InChI=1S/C14H15ClN2O2S/c15-10-3-4-12(16)13(8-10)17-14(18)9-19-6-5-11-2-1-7-20-11/h1-4,7-8H,5-6,9,16H2,(H,17,18). The van der Waals surface area contributed by atoms with Gasteiger partial charge in [-0.25, -0.2) is 0 Å². The van der Waals surface area contributed by atoms with Crippen molar-refractivity contribution in [2.75, 3.05) is 24.3 Å². The van der Waals surface area contributed by atoms with E-state index in [4.69, 9.17) is 22.1 Å². The lowest BCUT2D eigenvalue weighted by Crippen LogP contribution is -2.19. The topological polar surface area (TPSA) is 64.3 Å². The maximum absolute atomic E-state index is 11.7. The molecule has 20 heavy (non-hydrogen) atoms. The summed E-state index contributed by atoms with van der Waals surface area (Å²) < 4.78 is 5.33. The number of thiophene rings is 1. The highest BCUT2D eigenvalue weighted by Crippen LogP contribution is 2.22. The number of rotatable bonds is 6. The Balaban J connectivity index is 1.73. The zero-order valence-corrected chi connectivity index (χ0v) is 12.3. The second kappa shape index (κ2) is 7.28. The maximum atomic E-state index is 11.7. The molecule has 1 aromatic heterocycles. The highest BCUT2D eigenvalue weighted by molar-refractivity contribution is 7.09. The summed E-state index contributed by atoms with van der Waals surface area (Å²) in [5.74, 6) is -0.245. The number of nitrogens with one attached hydrogen (secondary N) is 1. The van der Waals surface area contributed by atoms with Gasteiger partial charge in [0.25, 0.3) is 0 Å². The summed E-state index contributed by atoms with van der Waals surface area (Å²) in [6.45, 7) is 0.510. The number of carbonyl (C=O) groups excluding carboxylic acids is 1. The van der Waals surface area contributed by atoms with Crippen LogP contribution in [0.1, 0.15) is 4.88 Å². The fourth-order valence-electron chi connectivity index (χ4n) is 1.62. The number of benzene rings is 1. The first-order valence-corrected chi connectivity index (χ1v) is 7.36. The summed E-state index contributed by atoms with van der Waals surface area (Å²) in [7, 11) is 0. The molecule has 6 heteroatoms. The minimum atomic E-state index is -0.245. The van der Waals surface area contributed by atoms with Crippen molar-refractivity contribution < 1.29 is 9.53 Å². The van der Waals surface area contributed by atoms with Crippen molar-refractivity contribution >= 4 is 40.2 Å². The summed E-state index contributed by atoms with van der Waals surface area (Å²) in [4.78, 5) is 12.9. The SMILES string of the molecule is Nc1ccc(Cl)cc1NC(=O)COCCc1cccs1. The van der Waals surface area contributed by atoms with E-state index in [0.29, 0.717) is 23.0 Å². The molecule has 1 heterocycles. The minimum absolute atomic E-state index is 0.00265. The zero-order chi connectivity index (χ0) is 14.4. The van der Waals surface area contributed by atoms with E-state index in [0.717, 1.165) is 6.42 Å². The highest BCUT2D eigenvalue weighted by atomic mass is 35.5. The third kappa shape index (κ3) is 4.52. The zero-order valence-electron chi connectivity index (χ0n) is 10.8. The van der Waals surface area contributed by atoms with Gasteiger partial charge >= 0.3 is 0 Å². The minimum Gasteiger partial charge on any atom is -0.397 e. The van der Waals surface area contributed by atoms with Gasteiger partial charge in [-0.05, 0) is 29.6 Å². The van der Waals surface area contributed by atoms with Crippen molar-refractivity contribution in [2.24, 2.45) is 0 Å². The van der Waals surface area contributed by atoms with Crippen LogP contribution in [-0.4, -0.2) is 19.1 Å². The molecule has 0 saturated carbocycles. The second-order valence-corrected chi connectivity index (χ2v) is 5.63. The van der Waals surface area contributed by atoms with E-state index in [-0.39, 0.29) is 12.5 Å². The van der Waals surface area contributed by atoms with Crippen molar-refractivity contribution in [3.05, 3.63) is 45.6 Å². The number of hydrogen-bond donors (Lipinski definition) is 2. The molecule has 3 N–H and O–H groups in total. The van der Waals surface area contributed by atoms with Gasteiger partial charge in [-0.15, -0.1) is 11.3 Å². The number of amides is 1. The molecule has 1 amide bonds. The number of anilines is 2. The second-order valence-electron chi connectivity index (χ2n) is 4.16. The van der Waals surface area contributed by atoms with Crippen LogP contribution >= 0.6 is 22.9 Å². The van der Waals surface area contributed by atoms with Gasteiger partial charge < -0.3 is 15.8 Å². The Labute approximate surface area is 126 Å². The van der Waals surface area contributed by atoms with Crippen molar-refractivity contribution in [1.29, 1.82) is 0 Å². The first-order chi connectivity index (χ1) is 9.65. The van der Waals surface area contributed by atoms with Gasteiger partial charge in [0.1, 0.15) is 6.61 Å². The molecule has 0 atom stereocenters. The predicted molar refractivity (Wildman–Crippen MR) is 83.3 cm³/mol. The largest absolute Gasteiger partial charge is 0.397 e. The van der Waals surface area contributed by atoms with Gasteiger partial charge in [0, 0.05) is 16.3 Å². The van der Waals surface area contributed by atoms with E-state index in [1.807, 2.05) is 17.5 Å². The third-order valence-corrected chi connectivity index (χ3v) is 3.77. The number of nitrogen functional groups attached to an aromatic ring is 1. The normalized spacial score (nSPS) is 10.4. The fraction of sp³-hybridized carbons (Fsp3) is 0.214. The molecule has 0 bridgehead atoms. The van der Waals surface area contributed by atoms with E-state index >= 15 is 0 Å². The Morgan fingerprint density at radius 3 is 3.00 bits per heavy atom. The van der Waals surface area contributed by atoms with Gasteiger partial charge in [-0.1, -0.05) is 17.7 Å². The van der Waals surface area contributed by atoms with E-state index in [1.165, 1.54) is 4.88 Å². The Morgan fingerprint density at radius 2 is 2.25 bits per heavy atom.